The summed E-state index contributed by atoms with van der Waals surface area (Å²) < 4.78 is 5.56. The number of nitrogens with one attached hydrogen (secondary N) is 1. The molecule has 0 spiro atoms. The van der Waals surface area contributed by atoms with E-state index in [-0.39, 0.29) is 5.41 Å². The second kappa shape index (κ2) is 5.07. The smallest absolute Gasteiger partial charge is 0.162 e. The third-order valence-corrected chi connectivity index (χ3v) is 4.61. The number of hydrogen-bond donors (Lipinski definition) is 2. The Bertz CT molecular complexity index is 557. The van der Waals surface area contributed by atoms with Crippen LogP contribution in [0, 0.1) is 12.3 Å². The van der Waals surface area contributed by atoms with Gasteiger partial charge in [0.2, 0.25) is 0 Å². The molecular weight excluding hydrogens is 260 g/mol. The van der Waals surface area contributed by atoms with E-state index in [2.05, 4.69) is 10.3 Å². The van der Waals surface area contributed by atoms with Gasteiger partial charge in [-0.3, -0.25) is 0 Å². The minimum absolute atomic E-state index is 0.158. The predicted octanol–water partition coefficient (Wildman–Crippen LogP) is 2.57. The van der Waals surface area contributed by atoms with Crippen LogP contribution in [0.15, 0.2) is 22.7 Å². The molecule has 0 bridgehead atoms. The lowest BCUT2D eigenvalue weighted by Crippen LogP contribution is -2.25. The summed E-state index contributed by atoms with van der Waals surface area (Å²) in [6.45, 7) is 3.92. The lowest BCUT2D eigenvalue weighted by molar-refractivity contribution is 0.207. The third kappa shape index (κ3) is 2.88. The van der Waals surface area contributed by atoms with E-state index in [1.165, 1.54) is 4.88 Å². The molecule has 0 unspecified atom stereocenters. The summed E-state index contributed by atoms with van der Waals surface area (Å²) in [4.78, 5) is 5.58. The zero-order chi connectivity index (χ0) is 13.3. The van der Waals surface area contributed by atoms with Crippen molar-refractivity contribution in [2.45, 2.75) is 26.3 Å². The first-order valence-electron chi connectivity index (χ1n) is 6.54. The lowest BCUT2D eigenvalue weighted by atomic mass is 10.1. The Morgan fingerprint density at radius 1 is 1.47 bits per heavy atom. The van der Waals surface area contributed by atoms with Gasteiger partial charge in [0.15, 0.2) is 10.8 Å². The van der Waals surface area contributed by atoms with Gasteiger partial charge >= 0.3 is 0 Å². The molecular formula is C14H18N2O2S. The first-order chi connectivity index (χ1) is 9.21. The molecule has 1 fully saturated rings. The molecule has 0 atom stereocenters. The van der Waals surface area contributed by atoms with Gasteiger partial charge in [-0.05, 0) is 31.9 Å². The summed E-state index contributed by atoms with van der Waals surface area (Å²) in [5, 5.41) is 13.6. The molecule has 2 aromatic rings. The van der Waals surface area contributed by atoms with Gasteiger partial charge in [0.25, 0.3) is 0 Å². The van der Waals surface area contributed by atoms with Gasteiger partial charge in [0.05, 0.1) is 0 Å². The van der Waals surface area contributed by atoms with Gasteiger partial charge in [-0.25, -0.2) is 4.98 Å². The zero-order valence-corrected chi connectivity index (χ0v) is 11.8. The van der Waals surface area contributed by atoms with Gasteiger partial charge in [-0.15, -0.1) is 11.3 Å². The molecule has 5 heteroatoms. The van der Waals surface area contributed by atoms with Crippen LogP contribution in [0.1, 0.15) is 23.5 Å². The average molecular weight is 278 g/mol. The zero-order valence-electron chi connectivity index (χ0n) is 11.0. The fourth-order valence-corrected chi connectivity index (χ4v) is 2.91. The summed E-state index contributed by atoms with van der Waals surface area (Å²) in [5.41, 5.74) is 0.158. The molecule has 102 valence electrons. The second-order valence-electron chi connectivity index (χ2n) is 5.30. The summed E-state index contributed by atoms with van der Waals surface area (Å²) in [6.07, 6.45) is 4.16. The van der Waals surface area contributed by atoms with Crippen LogP contribution in [0.2, 0.25) is 0 Å². The molecule has 2 aromatic heterocycles. The maximum Gasteiger partial charge on any atom is 0.162 e. The molecule has 0 aliphatic heterocycles. The average Bonchev–Trinajstić information content (AvgIpc) is 2.83. The van der Waals surface area contributed by atoms with Crippen LogP contribution in [0.4, 0.5) is 0 Å². The highest BCUT2D eigenvalue weighted by Crippen LogP contribution is 2.44. The number of hydrogen-bond acceptors (Lipinski definition) is 5. The molecule has 2 N–H and O–H groups in total. The molecule has 3 rings (SSSR count). The summed E-state index contributed by atoms with van der Waals surface area (Å²) >= 11 is 1.65. The summed E-state index contributed by atoms with van der Waals surface area (Å²) in [7, 11) is 0. The highest BCUT2D eigenvalue weighted by atomic mass is 32.1. The molecule has 1 aliphatic carbocycles. The van der Waals surface area contributed by atoms with Crippen LogP contribution >= 0.6 is 11.3 Å². The number of thiazole rings is 1. The van der Waals surface area contributed by atoms with Crippen LogP contribution in [0.3, 0.4) is 0 Å². The van der Waals surface area contributed by atoms with Crippen molar-refractivity contribution in [3.05, 3.63) is 29.0 Å². The fourth-order valence-electron chi connectivity index (χ4n) is 2.07. The van der Waals surface area contributed by atoms with Crippen LogP contribution in [-0.4, -0.2) is 23.2 Å². The van der Waals surface area contributed by atoms with Crippen molar-refractivity contribution in [1.82, 2.24) is 10.3 Å². The quantitative estimate of drug-likeness (QED) is 0.852. The Morgan fingerprint density at radius 3 is 2.95 bits per heavy atom. The van der Waals surface area contributed by atoms with Crippen molar-refractivity contribution in [2.24, 2.45) is 5.41 Å². The normalized spacial score (nSPS) is 16.7. The molecule has 1 aliphatic rings. The molecule has 0 radical (unpaired) electrons. The van der Waals surface area contributed by atoms with Crippen LogP contribution in [-0.2, 0) is 6.54 Å². The van der Waals surface area contributed by atoms with Crippen molar-refractivity contribution in [3.63, 3.8) is 0 Å². The van der Waals surface area contributed by atoms with Gasteiger partial charge in [-0.2, -0.15) is 0 Å². The van der Waals surface area contributed by atoms with Crippen molar-refractivity contribution in [3.8, 4) is 10.8 Å². The van der Waals surface area contributed by atoms with E-state index in [9.17, 15) is 5.11 Å². The maximum absolute atomic E-state index is 9.25. The summed E-state index contributed by atoms with van der Waals surface area (Å²) in [6, 6.07) is 3.91. The monoisotopic (exact) mass is 278 g/mol. The van der Waals surface area contributed by atoms with E-state index in [0.29, 0.717) is 6.61 Å². The van der Waals surface area contributed by atoms with Crippen molar-refractivity contribution in [2.75, 3.05) is 13.2 Å². The molecule has 0 saturated heterocycles. The van der Waals surface area contributed by atoms with Crippen molar-refractivity contribution in [1.29, 1.82) is 0 Å². The molecule has 0 amide bonds. The number of aliphatic hydroxyl groups excluding tert-OH is 1. The lowest BCUT2D eigenvalue weighted by Gasteiger charge is -2.11. The third-order valence-electron chi connectivity index (χ3n) is 3.60. The largest absolute Gasteiger partial charge is 0.459 e. The SMILES string of the molecule is Cc1ccc(-c2ncc(CNCC3(CO)CC3)s2)o1. The molecule has 2 heterocycles. The van der Waals surface area contributed by atoms with Crippen LogP contribution in [0.5, 0.6) is 0 Å². The Balaban J connectivity index is 1.56. The topological polar surface area (TPSA) is 58.3 Å². The molecule has 1 saturated carbocycles. The number of rotatable bonds is 6. The van der Waals surface area contributed by atoms with E-state index >= 15 is 0 Å². The minimum atomic E-state index is 0.158. The first kappa shape index (κ1) is 12.8. The number of aryl methyl sites for hydroxylation is 1. The number of nitrogens with zero attached hydrogens (tertiary/aromatic N) is 1. The summed E-state index contributed by atoms with van der Waals surface area (Å²) in [5.74, 6) is 1.74. The second-order valence-corrected chi connectivity index (χ2v) is 6.42. The van der Waals surface area contributed by atoms with Gasteiger partial charge < -0.3 is 14.8 Å². The maximum atomic E-state index is 9.25. The highest BCUT2D eigenvalue weighted by molar-refractivity contribution is 7.14. The standard InChI is InChI=1S/C14H18N2O2S/c1-10-2-3-12(18-10)13-16-7-11(19-13)6-15-8-14(9-17)4-5-14/h2-3,7,15,17H,4-6,8-9H2,1H3. The Kier molecular flexibility index (Phi) is 3.43. The van der Waals surface area contributed by atoms with E-state index in [0.717, 1.165) is 42.5 Å². The fraction of sp³-hybridized carbons (Fsp3) is 0.500. The predicted molar refractivity (Wildman–Crippen MR) is 75.0 cm³/mol. The van der Waals surface area contributed by atoms with Gasteiger partial charge in [0, 0.05) is 36.2 Å². The minimum Gasteiger partial charge on any atom is -0.459 e. The molecule has 19 heavy (non-hydrogen) atoms. The van der Waals surface area contributed by atoms with Crippen molar-refractivity contribution < 1.29 is 9.52 Å². The number of aromatic nitrogens is 1. The van der Waals surface area contributed by atoms with Gasteiger partial charge in [-0.1, -0.05) is 0 Å². The van der Waals surface area contributed by atoms with Crippen LogP contribution in [0.25, 0.3) is 10.8 Å². The molecule has 4 nitrogen and oxygen atoms in total. The van der Waals surface area contributed by atoms with Crippen LogP contribution < -0.4 is 5.32 Å². The van der Waals surface area contributed by atoms with Gasteiger partial charge in [0.1, 0.15) is 5.76 Å². The Morgan fingerprint density at radius 2 is 2.32 bits per heavy atom. The number of aliphatic hydroxyl groups is 1. The van der Waals surface area contributed by atoms with E-state index in [4.69, 9.17) is 4.42 Å². The Labute approximate surface area is 116 Å². The number of furan rings is 1. The first-order valence-corrected chi connectivity index (χ1v) is 7.36. The van der Waals surface area contributed by atoms with E-state index in [1.807, 2.05) is 25.3 Å². The highest BCUT2D eigenvalue weighted by Gasteiger charge is 2.41. The Hall–Kier alpha value is -1.17. The molecule has 0 aromatic carbocycles. The van der Waals surface area contributed by atoms with Crippen molar-refractivity contribution >= 4 is 11.3 Å². The van der Waals surface area contributed by atoms with E-state index < -0.39 is 0 Å². The van der Waals surface area contributed by atoms with E-state index in [1.54, 1.807) is 11.3 Å².